The van der Waals surface area contributed by atoms with E-state index < -0.39 is 12.7 Å². The third-order valence-corrected chi connectivity index (χ3v) is 4.40. The summed E-state index contributed by atoms with van der Waals surface area (Å²) < 4.78 is 34.0. The van der Waals surface area contributed by atoms with Crippen LogP contribution in [0.25, 0.3) is 0 Å². The van der Waals surface area contributed by atoms with Gasteiger partial charge in [0.05, 0.1) is 11.8 Å². The summed E-state index contributed by atoms with van der Waals surface area (Å²) in [6, 6.07) is 5.89. The van der Waals surface area contributed by atoms with Gasteiger partial charge in [-0.3, -0.25) is 4.99 Å². The number of benzene rings is 1. The Labute approximate surface area is 169 Å². The van der Waals surface area contributed by atoms with Crippen LogP contribution < -0.4 is 15.4 Å². The summed E-state index contributed by atoms with van der Waals surface area (Å²) in [6.07, 6.45) is -0.834. The summed E-state index contributed by atoms with van der Waals surface area (Å²) in [7, 11) is 0. The molecule has 2 unspecified atom stereocenters. The molecular weight excluding hydrogens is 382 g/mol. The number of rotatable bonds is 9. The van der Waals surface area contributed by atoms with Gasteiger partial charge in [-0.05, 0) is 38.5 Å². The molecule has 0 amide bonds. The second-order valence-electron chi connectivity index (χ2n) is 6.70. The minimum absolute atomic E-state index is 0.0483. The maximum absolute atomic E-state index is 12.2. The Morgan fingerprint density at radius 3 is 2.48 bits per heavy atom. The van der Waals surface area contributed by atoms with Gasteiger partial charge in [-0.25, -0.2) is 0 Å². The SMILES string of the molecule is CCNC(=NCC(C)c1c(C)noc1C)NCC(O)c1ccc(OC(F)F)cc1. The first kappa shape index (κ1) is 22.6. The lowest BCUT2D eigenvalue weighted by atomic mass is 10.00. The highest BCUT2D eigenvalue weighted by atomic mass is 19.3. The smallest absolute Gasteiger partial charge is 0.387 e. The number of alkyl halides is 2. The molecule has 7 nitrogen and oxygen atoms in total. The van der Waals surface area contributed by atoms with E-state index >= 15 is 0 Å². The zero-order valence-corrected chi connectivity index (χ0v) is 17.1. The monoisotopic (exact) mass is 410 g/mol. The Balaban J connectivity index is 1.94. The first-order chi connectivity index (χ1) is 13.8. The summed E-state index contributed by atoms with van der Waals surface area (Å²) in [5.74, 6) is 1.54. The zero-order chi connectivity index (χ0) is 21.4. The Bertz CT molecular complexity index is 774. The molecule has 0 bridgehead atoms. The van der Waals surface area contributed by atoms with Crippen molar-refractivity contribution in [2.75, 3.05) is 19.6 Å². The first-order valence-corrected chi connectivity index (χ1v) is 9.49. The van der Waals surface area contributed by atoms with E-state index in [9.17, 15) is 13.9 Å². The molecule has 3 N–H and O–H groups in total. The van der Waals surface area contributed by atoms with Gasteiger partial charge in [-0.1, -0.05) is 24.2 Å². The van der Waals surface area contributed by atoms with Gasteiger partial charge in [0.2, 0.25) is 0 Å². The van der Waals surface area contributed by atoms with E-state index in [0.717, 1.165) is 17.0 Å². The Hall–Kier alpha value is -2.68. The van der Waals surface area contributed by atoms with Gasteiger partial charge >= 0.3 is 6.61 Å². The summed E-state index contributed by atoms with van der Waals surface area (Å²) >= 11 is 0. The van der Waals surface area contributed by atoms with E-state index in [4.69, 9.17) is 4.52 Å². The van der Waals surface area contributed by atoms with Gasteiger partial charge in [0.15, 0.2) is 5.96 Å². The topological polar surface area (TPSA) is 91.9 Å². The van der Waals surface area contributed by atoms with E-state index in [2.05, 4.69) is 32.4 Å². The highest BCUT2D eigenvalue weighted by Crippen LogP contribution is 2.23. The minimum Gasteiger partial charge on any atom is -0.435 e. The lowest BCUT2D eigenvalue weighted by Crippen LogP contribution is -2.39. The van der Waals surface area contributed by atoms with Gasteiger partial charge in [0, 0.05) is 31.1 Å². The molecule has 2 aromatic rings. The highest BCUT2D eigenvalue weighted by molar-refractivity contribution is 5.79. The standard InChI is InChI=1S/C20H28F2N4O3/c1-5-23-20(24-10-12(2)18-13(3)26-29-14(18)4)25-11-17(27)15-6-8-16(9-7-15)28-19(21)22/h6-9,12,17,19,27H,5,10-11H2,1-4H3,(H2,23,24,25). The molecule has 0 saturated carbocycles. The molecule has 0 spiro atoms. The number of aryl methyl sites for hydroxylation is 2. The molecule has 9 heteroatoms. The Morgan fingerprint density at radius 2 is 1.93 bits per heavy atom. The van der Waals surface area contributed by atoms with Crippen molar-refractivity contribution in [3.63, 3.8) is 0 Å². The number of nitrogens with zero attached hydrogens (tertiary/aromatic N) is 2. The maximum atomic E-state index is 12.2. The number of hydrogen-bond acceptors (Lipinski definition) is 5. The van der Waals surface area contributed by atoms with Crippen molar-refractivity contribution in [2.45, 2.75) is 46.3 Å². The van der Waals surface area contributed by atoms with Gasteiger partial charge in [-0.2, -0.15) is 8.78 Å². The van der Waals surface area contributed by atoms with Crippen LogP contribution in [0, 0.1) is 13.8 Å². The summed E-state index contributed by atoms with van der Waals surface area (Å²) in [5.41, 5.74) is 2.49. The number of hydrogen-bond donors (Lipinski definition) is 3. The van der Waals surface area contributed by atoms with Crippen LogP contribution in [0.5, 0.6) is 5.75 Å². The van der Waals surface area contributed by atoms with Crippen molar-refractivity contribution in [3.8, 4) is 5.75 Å². The molecule has 0 fully saturated rings. The van der Waals surface area contributed by atoms with Gasteiger partial charge in [-0.15, -0.1) is 0 Å². The van der Waals surface area contributed by atoms with E-state index in [1.807, 2.05) is 20.8 Å². The normalized spacial score (nSPS) is 14.0. The van der Waals surface area contributed by atoms with Gasteiger partial charge in [0.1, 0.15) is 11.5 Å². The van der Waals surface area contributed by atoms with Crippen molar-refractivity contribution < 1.29 is 23.1 Å². The Morgan fingerprint density at radius 1 is 1.24 bits per heavy atom. The molecule has 29 heavy (non-hydrogen) atoms. The lowest BCUT2D eigenvalue weighted by Gasteiger charge is -2.17. The van der Waals surface area contributed by atoms with Crippen LogP contribution in [-0.2, 0) is 0 Å². The summed E-state index contributed by atoms with van der Waals surface area (Å²) in [4.78, 5) is 4.57. The fraction of sp³-hybridized carbons (Fsp3) is 0.500. The van der Waals surface area contributed by atoms with Gasteiger partial charge in [0.25, 0.3) is 0 Å². The third kappa shape index (κ3) is 6.70. The van der Waals surface area contributed by atoms with E-state index in [1.54, 1.807) is 12.1 Å². The quantitative estimate of drug-likeness (QED) is 0.434. The maximum Gasteiger partial charge on any atom is 0.387 e. The van der Waals surface area contributed by atoms with Crippen LogP contribution in [0.4, 0.5) is 8.78 Å². The molecular formula is C20H28F2N4O3. The highest BCUT2D eigenvalue weighted by Gasteiger charge is 2.16. The van der Waals surface area contributed by atoms with Crippen LogP contribution in [0.1, 0.15) is 48.5 Å². The average molecular weight is 410 g/mol. The second-order valence-corrected chi connectivity index (χ2v) is 6.70. The van der Waals surface area contributed by atoms with E-state index in [1.165, 1.54) is 12.1 Å². The summed E-state index contributed by atoms with van der Waals surface area (Å²) in [5, 5.41) is 20.6. The molecule has 0 aliphatic carbocycles. The number of aliphatic hydroxyl groups excluding tert-OH is 1. The van der Waals surface area contributed by atoms with Crippen molar-refractivity contribution in [2.24, 2.45) is 4.99 Å². The van der Waals surface area contributed by atoms with Crippen LogP contribution in [0.3, 0.4) is 0 Å². The number of aliphatic imine (C=N–C) groups is 1. The van der Waals surface area contributed by atoms with Gasteiger partial charge < -0.3 is 25.0 Å². The van der Waals surface area contributed by atoms with Crippen LogP contribution in [0.15, 0.2) is 33.8 Å². The lowest BCUT2D eigenvalue weighted by molar-refractivity contribution is -0.0498. The second kappa shape index (κ2) is 10.8. The molecule has 2 atom stereocenters. The van der Waals surface area contributed by atoms with Crippen molar-refractivity contribution >= 4 is 5.96 Å². The Kier molecular flexibility index (Phi) is 8.38. The molecule has 1 heterocycles. The molecule has 1 aromatic carbocycles. The third-order valence-electron chi connectivity index (χ3n) is 4.40. The number of halogens is 2. The molecule has 0 aliphatic rings. The first-order valence-electron chi connectivity index (χ1n) is 9.49. The number of guanidine groups is 1. The molecule has 0 aliphatic heterocycles. The molecule has 0 saturated heterocycles. The molecule has 160 valence electrons. The van der Waals surface area contributed by atoms with Crippen molar-refractivity contribution in [1.29, 1.82) is 0 Å². The number of aromatic nitrogens is 1. The van der Waals surface area contributed by atoms with E-state index in [-0.39, 0.29) is 18.2 Å². The number of nitrogens with one attached hydrogen (secondary N) is 2. The molecule has 2 rings (SSSR count). The predicted molar refractivity (Wildman–Crippen MR) is 106 cm³/mol. The fourth-order valence-electron chi connectivity index (χ4n) is 3.04. The van der Waals surface area contributed by atoms with Crippen molar-refractivity contribution in [3.05, 3.63) is 46.8 Å². The predicted octanol–water partition coefficient (Wildman–Crippen LogP) is 3.29. The van der Waals surface area contributed by atoms with Crippen LogP contribution in [0.2, 0.25) is 0 Å². The van der Waals surface area contributed by atoms with Crippen LogP contribution >= 0.6 is 0 Å². The largest absolute Gasteiger partial charge is 0.435 e. The molecule has 0 radical (unpaired) electrons. The van der Waals surface area contributed by atoms with E-state index in [0.29, 0.717) is 24.6 Å². The molecule has 1 aromatic heterocycles. The van der Waals surface area contributed by atoms with Crippen molar-refractivity contribution in [1.82, 2.24) is 15.8 Å². The number of aliphatic hydroxyl groups is 1. The number of ether oxygens (including phenoxy) is 1. The fourth-order valence-corrected chi connectivity index (χ4v) is 3.04. The average Bonchev–Trinajstić information content (AvgIpc) is 3.02. The van der Waals surface area contributed by atoms with Crippen LogP contribution in [-0.4, -0.2) is 42.5 Å². The minimum atomic E-state index is -2.88. The zero-order valence-electron chi connectivity index (χ0n) is 17.1. The summed E-state index contributed by atoms with van der Waals surface area (Å²) in [6.45, 7) is 6.32.